The fraction of sp³-hybridized carbons (Fsp3) is 0.100. The largest absolute Gasteiger partial charge is 0.435 e. The fourth-order valence-electron chi connectivity index (χ4n) is 1.32. The Labute approximate surface area is 105 Å². The number of nitrogens with one attached hydrogen (secondary N) is 2. The normalized spacial score (nSPS) is 10.5. The zero-order chi connectivity index (χ0) is 13.8. The van der Waals surface area contributed by atoms with Crippen LogP contribution in [0.1, 0.15) is 10.6 Å². The number of amides is 1. The SMILES string of the molecule is Nc1n[nH]c(C(=O)Nc2cccc(OC(F)F)c2)n1. The van der Waals surface area contributed by atoms with E-state index >= 15 is 0 Å². The summed E-state index contributed by atoms with van der Waals surface area (Å²) in [5.74, 6) is -0.819. The van der Waals surface area contributed by atoms with E-state index in [1.165, 1.54) is 24.3 Å². The summed E-state index contributed by atoms with van der Waals surface area (Å²) in [4.78, 5) is 15.3. The standard InChI is InChI=1S/C10H9F2N5O2/c11-9(12)19-6-3-1-2-5(4-6)14-8(18)7-15-10(13)17-16-7/h1-4,9H,(H,14,18)(H3,13,15,16,17). The maximum Gasteiger partial charge on any atom is 0.387 e. The van der Waals surface area contributed by atoms with Crippen molar-refractivity contribution < 1.29 is 18.3 Å². The van der Waals surface area contributed by atoms with Gasteiger partial charge in [-0.3, -0.25) is 9.89 Å². The lowest BCUT2D eigenvalue weighted by atomic mass is 10.3. The predicted molar refractivity (Wildman–Crippen MR) is 61.8 cm³/mol. The molecule has 0 aliphatic rings. The second kappa shape index (κ2) is 5.29. The number of anilines is 2. The first-order valence-electron chi connectivity index (χ1n) is 5.08. The summed E-state index contributed by atoms with van der Waals surface area (Å²) in [6.07, 6.45) is 0. The first-order valence-corrected chi connectivity index (χ1v) is 5.08. The number of benzene rings is 1. The van der Waals surface area contributed by atoms with Gasteiger partial charge < -0.3 is 15.8 Å². The van der Waals surface area contributed by atoms with Crippen LogP contribution >= 0.6 is 0 Å². The minimum Gasteiger partial charge on any atom is -0.435 e. The molecule has 1 aromatic carbocycles. The average molecular weight is 269 g/mol. The first-order chi connectivity index (χ1) is 9.04. The van der Waals surface area contributed by atoms with Gasteiger partial charge in [0.25, 0.3) is 5.91 Å². The molecule has 0 saturated carbocycles. The van der Waals surface area contributed by atoms with Crippen LogP contribution in [0.5, 0.6) is 5.75 Å². The topological polar surface area (TPSA) is 106 Å². The third-order valence-corrected chi connectivity index (χ3v) is 2.03. The van der Waals surface area contributed by atoms with Crippen LogP contribution < -0.4 is 15.8 Å². The van der Waals surface area contributed by atoms with Gasteiger partial charge in [-0.25, -0.2) is 0 Å². The van der Waals surface area contributed by atoms with Gasteiger partial charge in [0.1, 0.15) is 5.75 Å². The van der Waals surface area contributed by atoms with Crippen LogP contribution in [0.25, 0.3) is 0 Å². The monoisotopic (exact) mass is 269 g/mol. The summed E-state index contributed by atoms with van der Waals surface area (Å²) >= 11 is 0. The van der Waals surface area contributed by atoms with Crippen molar-refractivity contribution >= 4 is 17.5 Å². The number of nitrogen functional groups attached to an aromatic ring is 1. The molecule has 0 atom stereocenters. The Morgan fingerprint density at radius 3 is 2.89 bits per heavy atom. The van der Waals surface area contributed by atoms with Crippen molar-refractivity contribution in [2.45, 2.75) is 6.61 Å². The number of ether oxygens (including phenoxy) is 1. The van der Waals surface area contributed by atoms with Gasteiger partial charge in [-0.1, -0.05) is 6.07 Å². The van der Waals surface area contributed by atoms with Crippen molar-refractivity contribution in [3.8, 4) is 5.75 Å². The van der Waals surface area contributed by atoms with E-state index in [4.69, 9.17) is 5.73 Å². The van der Waals surface area contributed by atoms with Crippen molar-refractivity contribution in [2.24, 2.45) is 0 Å². The number of carbonyl (C=O) groups excluding carboxylic acids is 1. The highest BCUT2D eigenvalue weighted by Crippen LogP contribution is 2.19. The summed E-state index contributed by atoms with van der Waals surface area (Å²) in [5, 5.41) is 8.25. The Morgan fingerprint density at radius 1 is 1.47 bits per heavy atom. The highest BCUT2D eigenvalue weighted by molar-refractivity contribution is 6.01. The lowest BCUT2D eigenvalue weighted by molar-refractivity contribution is -0.0497. The maximum absolute atomic E-state index is 12.0. The molecule has 0 spiro atoms. The summed E-state index contributed by atoms with van der Waals surface area (Å²) < 4.78 is 28.3. The van der Waals surface area contributed by atoms with E-state index < -0.39 is 12.5 Å². The van der Waals surface area contributed by atoms with Gasteiger partial charge in [-0.15, -0.1) is 5.10 Å². The molecule has 1 heterocycles. The Hall–Kier alpha value is -2.71. The van der Waals surface area contributed by atoms with Gasteiger partial charge in [0.15, 0.2) is 0 Å². The second-order valence-electron chi connectivity index (χ2n) is 3.40. The van der Waals surface area contributed by atoms with Crippen LogP contribution in [0.4, 0.5) is 20.4 Å². The van der Waals surface area contributed by atoms with E-state index in [9.17, 15) is 13.6 Å². The minimum atomic E-state index is -2.93. The van der Waals surface area contributed by atoms with E-state index in [1.54, 1.807) is 0 Å². The molecule has 0 aliphatic carbocycles. The Balaban J connectivity index is 2.08. The molecule has 0 unspecified atom stereocenters. The zero-order valence-corrected chi connectivity index (χ0v) is 9.43. The molecular formula is C10H9F2N5O2. The molecule has 1 amide bonds. The number of carbonyl (C=O) groups is 1. The van der Waals surface area contributed by atoms with Crippen molar-refractivity contribution in [1.29, 1.82) is 0 Å². The van der Waals surface area contributed by atoms with Gasteiger partial charge in [0.05, 0.1) is 0 Å². The molecule has 0 fully saturated rings. The van der Waals surface area contributed by atoms with Gasteiger partial charge in [0.2, 0.25) is 11.8 Å². The predicted octanol–water partition coefficient (Wildman–Crippen LogP) is 1.24. The Bertz CT molecular complexity index is 587. The van der Waals surface area contributed by atoms with E-state index in [0.29, 0.717) is 0 Å². The Kier molecular flexibility index (Phi) is 3.55. The van der Waals surface area contributed by atoms with Gasteiger partial charge in [0, 0.05) is 11.8 Å². The van der Waals surface area contributed by atoms with Crippen LogP contribution in [-0.4, -0.2) is 27.7 Å². The molecule has 2 rings (SSSR count). The van der Waals surface area contributed by atoms with E-state index in [1.807, 2.05) is 0 Å². The molecule has 0 bridgehead atoms. The van der Waals surface area contributed by atoms with Gasteiger partial charge in [-0.2, -0.15) is 13.8 Å². The van der Waals surface area contributed by atoms with Crippen LogP contribution in [0, 0.1) is 0 Å². The third kappa shape index (κ3) is 3.37. The molecular weight excluding hydrogens is 260 g/mol. The van der Waals surface area contributed by atoms with E-state index in [-0.39, 0.29) is 23.2 Å². The van der Waals surface area contributed by atoms with Crippen molar-refractivity contribution in [3.63, 3.8) is 0 Å². The third-order valence-electron chi connectivity index (χ3n) is 2.03. The summed E-state index contributed by atoms with van der Waals surface area (Å²) in [6.45, 7) is -2.93. The molecule has 19 heavy (non-hydrogen) atoms. The number of nitrogens with two attached hydrogens (primary N) is 1. The minimum absolute atomic E-state index is 0.0649. The van der Waals surface area contributed by atoms with Gasteiger partial charge in [-0.05, 0) is 12.1 Å². The molecule has 0 aliphatic heterocycles. The molecule has 1 aromatic heterocycles. The summed E-state index contributed by atoms with van der Waals surface area (Å²) in [5.41, 5.74) is 5.53. The molecule has 4 N–H and O–H groups in total. The highest BCUT2D eigenvalue weighted by Gasteiger charge is 2.11. The number of hydrogen-bond donors (Lipinski definition) is 3. The van der Waals surface area contributed by atoms with E-state index in [0.717, 1.165) is 0 Å². The number of halogens is 2. The Morgan fingerprint density at radius 2 is 2.26 bits per heavy atom. The van der Waals surface area contributed by atoms with Crippen molar-refractivity contribution in [2.75, 3.05) is 11.1 Å². The molecule has 9 heteroatoms. The smallest absolute Gasteiger partial charge is 0.387 e. The van der Waals surface area contributed by atoms with Crippen LogP contribution in [0.15, 0.2) is 24.3 Å². The molecule has 7 nitrogen and oxygen atoms in total. The van der Waals surface area contributed by atoms with Gasteiger partial charge >= 0.3 is 6.61 Å². The summed E-state index contributed by atoms with van der Waals surface area (Å²) in [7, 11) is 0. The number of aromatic amines is 1. The number of rotatable bonds is 4. The summed E-state index contributed by atoms with van der Waals surface area (Å²) in [6, 6.07) is 5.57. The molecule has 0 saturated heterocycles. The van der Waals surface area contributed by atoms with E-state index in [2.05, 4.69) is 25.2 Å². The number of nitrogens with zero attached hydrogens (tertiary/aromatic N) is 2. The number of H-pyrrole nitrogens is 1. The van der Waals surface area contributed by atoms with Crippen LogP contribution in [0.3, 0.4) is 0 Å². The van der Waals surface area contributed by atoms with Crippen LogP contribution in [0.2, 0.25) is 0 Å². The highest BCUT2D eigenvalue weighted by atomic mass is 19.3. The lowest BCUT2D eigenvalue weighted by Crippen LogP contribution is -2.14. The average Bonchev–Trinajstić information content (AvgIpc) is 2.75. The zero-order valence-electron chi connectivity index (χ0n) is 9.43. The molecule has 2 aromatic rings. The number of alkyl halides is 2. The fourth-order valence-corrected chi connectivity index (χ4v) is 1.32. The number of aromatic nitrogens is 3. The maximum atomic E-state index is 12.0. The van der Waals surface area contributed by atoms with Crippen LogP contribution in [-0.2, 0) is 0 Å². The second-order valence-corrected chi connectivity index (χ2v) is 3.40. The van der Waals surface area contributed by atoms with Crippen molar-refractivity contribution in [3.05, 3.63) is 30.1 Å². The molecule has 0 radical (unpaired) electrons. The van der Waals surface area contributed by atoms with Crippen molar-refractivity contribution in [1.82, 2.24) is 15.2 Å². The number of hydrogen-bond acceptors (Lipinski definition) is 5. The lowest BCUT2D eigenvalue weighted by Gasteiger charge is -2.07. The quantitative estimate of drug-likeness (QED) is 0.774. The molecule has 100 valence electrons. The first kappa shape index (κ1) is 12.7.